The van der Waals surface area contributed by atoms with Gasteiger partial charge in [0, 0.05) is 19.1 Å². The molecule has 0 aromatic carbocycles. The minimum Gasteiger partial charge on any atom is -0.329 e. The van der Waals surface area contributed by atoms with Gasteiger partial charge in [-0.1, -0.05) is 33.1 Å². The molecule has 15 heavy (non-hydrogen) atoms. The Labute approximate surface area is 95.2 Å². The van der Waals surface area contributed by atoms with Crippen LogP contribution in [0.15, 0.2) is 0 Å². The first-order valence-corrected chi connectivity index (χ1v) is 6.68. The summed E-state index contributed by atoms with van der Waals surface area (Å²) in [6.07, 6.45) is 8.41. The summed E-state index contributed by atoms with van der Waals surface area (Å²) in [4.78, 5) is 2.64. The van der Waals surface area contributed by atoms with Gasteiger partial charge in [0.25, 0.3) is 0 Å². The van der Waals surface area contributed by atoms with Gasteiger partial charge in [0.15, 0.2) is 0 Å². The van der Waals surface area contributed by atoms with Crippen molar-refractivity contribution in [3.63, 3.8) is 0 Å². The van der Waals surface area contributed by atoms with Gasteiger partial charge in [0.2, 0.25) is 0 Å². The van der Waals surface area contributed by atoms with E-state index in [4.69, 9.17) is 5.73 Å². The van der Waals surface area contributed by atoms with Gasteiger partial charge in [-0.05, 0) is 31.7 Å². The zero-order valence-corrected chi connectivity index (χ0v) is 10.5. The Bertz CT molecular complexity index is 151. The second-order valence-electron chi connectivity index (χ2n) is 5.30. The van der Waals surface area contributed by atoms with Crippen molar-refractivity contribution in [2.75, 3.05) is 19.6 Å². The molecule has 0 aliphatic heterocycles. The van der Waals surface area contributed by atoms with Crippen LogP contribution in [0.4, 0.5) is 0 Å². The van der Waals surface area contributed by atoms with Crippen LogP contribution in [0.3, 0.4) is 0 Å². The van der Waals surface area contributed by atoms with Crippen LogP contribution < -0.4 is 5.73 Å². The van der Waals surface area contributed by atoms with Crippen LogP contribution >= 0.6 is 0 Å². The van der Waals surface area contributed by atoms with Crippen molar-refractivity contribution < 1.29 is 0 Å². The molecule has 0 aromatic heterocycles. The Morgan fingerprint density at radius 3 is 2.33 bits per heavy atom. The standard InChI is InChI=1S/C13H28N2/c1-12(2)8-10-15(11-9-14)13-6-4-3-5-7-13/h12-13H,3-11,14H2,1-2H3. The smallest absolute Gasteiger partial charge is 0.0108 e. The molecular weight excluding hydrogens is 184 g/mol. The summed E-state index contributed by atoms with van der Waals surface area (Å²) in [6.45, 7) is 7.77. The highest BCUT2D eigenvalue weighted by atomic mass is 15.2. The van der Waals surface area contributed by atoms with Gasteiger partial charge in [-0.15, -0.1) is 0 Å². The number of hydrogen-bond donors (Lipinski definition) is 1. The molecule has 1 aliphatic rings. The number of nitrogens with zero attached hydrogens (tertiary/aromatic N) is 1. The molecular formula is C13H28N2. The second kappa shape index (κ2) is 7.24. The van der Waals surface area contributed by atoms with Crippen LogP contribution in [0.25, 0.3) is 0 Å². The van der Waals surface area contributed by atoms with E-state index in [9.17, 15) is 0 Å². The molecule has 0 saturated heterocycles. The van der Waals surface area contributed by atoms with Crippen molar-refractivity contribution in [3.05, 3.63) is 0 Å². The van der Waals surface area contributed by atoms with E-state index in [0.29, 0.717) is 0 Å². The van der Waals surface area contributed by atoms with Crippen molar-refractivity contribution in [3.8, 4) is 0 Å². The summed E-state index contributed by atoms with van der Waals surface area (Å²) >= 11 is 0. The third-order valence-corrected chi connectivity index (χ3v) is 3.50. The zero-order valence-electron chi connectivity index (χ0n) is 10.5. The van der Waals surface area contributed by atoms with Crippen LogP contribution in [-0.4, -0.2) is 30.6 Å². The maximum Gasteiger partial charge on any atom is 0.0108 e. The minimum absolute atomic E-state index is 0.814. The van der Waals surface area contributed by atoms with Crippen molar-refractivity contribution in [2.45, 2.75) is 58.4 Å². The molecule has 0 unspecified atom stereocenters. The predicted octanol–water partition coefficient (Wildman–Crippen LogP) is 2.63. The normalized spacial score (nSPS) is 19.0. The first kappa shape index (κ1) is 13.0. The molecule has 2 N–H and O–H groups in total. The average molecular weight is 212 g/mol. The van der Waals surface area contributed by atoms with Gasteiger partial charge >= 0.3 is 0 Å². The maximum absolute atomic E-state index is 5.70. The Hall–Kier alpha value is -0.0800. The summed E-state index contributed by atoms with van der Waals surface area (Å²) in [7, 11) is 0. The van der Waals surface area contributed by atoms with Gasteiger partial charge < -0.3 is 5.73 Å². The SMILES string of the molecule is CC(C)CCN(CCN)C1CCCCC1. The van der Waals surface area contributed by atoms with Crippen molar-refractivity contribution in [2.24, 2.45) is 11.7 Å². The van der Waals surface area contributed by atoms with E-state index in [1.807, 2.05) is 0 Å². The summed E-state index contributed by atoms with van der Waals surface area (Å²) in [5.74, 6) is 0.814. The number of nitrogens with two attached hydrogens (primary N) is 1. The van der Waals surface area contributed by atoms with Crippen molar-refractivity contribution >= 4 is 0 Å². The van der Waals surface area contributed by atoms with E-state index in [-0.39, 0.29) is 0 Å². The first-order valence-electron chi connectivity index (χ1n) is 6.68. The number of hydrogen-bond acceptors (Lipinski definition) is 2. The molecule has 1 fully saturated rings. The van der Waals surface area contributed by atoms with Crippen LogP contribution in [0.5, 0.6) is 0 Å². The third-order valence-electron chi connectivity index (χ3n) is 3.50. The highest BCUT2D eigenvalue weighted by molar-refractivity contribution is 4.76. The summed E-state index contributed by atoms with van der Waals surface area (Å²) in [5.41, 5.74) is 5.70. The fourth-order valence-corrected chi connectivity index (χ4v) is 2.51. The molecule has 0 atom stereocenters. The topological polar surface area (TPSA) is 29.3 Å². The highest BCUT2D eigenvalue weighted by Crippen LogP contribution is 2.22. The molecule has 0 heterocycles. The van der Waals surface area contributed by atoms with E-state index >= 15 is 0 Å². The average Bonchev–Trinajstić information content (AvgIpc) is 2.25. The molecule has 0 spiro atoms. The third kappa shape index (κ3) is 4.98. The Balaban J connectivity index is 2.33. The molecule has 0 bridgehead atoms. The van der Waals surface area contributed by atoms with E-state index in [1.165, 1.54) is 45.1 Å². The molecule has 0 aromatic rings. The number of rotatable bonds is 6. The predicted molar refractivity (Wildman–Crippen MR) is 67.0 cm³/mol. The molecule has 0 amide bonds. The van der Waals surface area contributed by atoms with Crippen molar-refractivity contribution in [1.82, 2.24) is 4.90 Å². The summed E-state index contributed by atoms with van der Waals surface area (Å²) in [6, 6.07) is 0.834. The fraction of sp³-hybridized carbons (Fsp3) is 1.00. The summed E-state index contributed by atoms with van der Waals surface area (Å²) in [5, 5.41) is 0. The van der Waals surface area contributed by atoms with Gasteiger partial charge in [-0.3, -0.25) is 4.90 Å². The Morgan fingerprint density at radius 1 is 1.13 bits per heavy atom. The van der Waals surface area contributed by atoms with E-state index in [1.54, 1.807) is 0 Å². The largest absolute Gasteiger partial charge is 0.329 e. The lowest BCUT2D eigenvalue weighted by atomic mass is 9.93. The lowest BCUT2D eigenvalue weighted by molar-refractivity contribution is 0.153. The van der Waals surface area contributed by atoms with Gasteiger partial charge in [-0.2, -0.15) is 0 Å². The zero-order chi connectivity index (χ0) is 11.1. The maximum atomic E-state index is 5.70. The van der Waals surface area contributed by atoms with Gasteiger partial charge in [0.05, 0.1) is 0 Å². The quantitative estimate of drug-likeness (QED) is 0.733. The lowest BCUT2D eigenvalue weighted by Gasteiger charge is -2.34. The van der Waals surface area contributed by atoms with Crippen LogP contribution in [0.1, 0.15) is 52.4 Å². The molecule has 1 aliphatic carbocycles. The van der Waals surface area contributed by atoms with Crippen LogP contribution in [0.2, 0.25) is 0 Å². The molecule has 2 nitrogen and oxygen atoms in total. The van der Waals surface area contributed by atoms with Gasteiger partial charge in [-0.25, -0.2) is 0 Å². The molecule has 2 heteroatoms. The monoisotopic (exact) mass is 212 g/mol. The minimum atomic E-state index is 0.814. The lowest BCUT2D eigenvalue weighted by Crippen LogP contribution is -2.40. The van der Waals surface area contributed by atoms with Gasteiger partial charge in [0.1, 0.15) is 0 Å². The highest BCUT2D eigenvalue weighted by Gasteiger charge is 2.20. The molecule has 0 radical (unpaired) electrons. The molecule has 1 saturated carbocycles. The van der Waals surface area contributed by atoms with Crippen LogP contribution in [0, 0.1) is 5.92 Å². The van der Waals surface area contributed by atoms with Crippen LogP contribution in [-0.2, 0) is 0 Å². The van der Waals surface area contributed by atoms with E-state index in [0.717, 1.165) is 25.0 Å². The first-order chi connectivity index (χ1) is 7.24. The molecule has 1 rings (SSSR count). The molecule has 90 valence electrons. The Morgan fingerprint density at radius 2 is 1.80 bits per heavy atom. The Kier molecular flexibility index (Phi) is 6.26. The van der Waals surface area contributed by atoms with E-state index in [2.05, 4.69) is 18.7 Å². The fourth-order valence-electron chi connectivity index (χ4n) is 2.51. The second-order valence-corrected chi connectivity index (χ2v) is 5.30. The van der Waals surface area contributed by atoms with Crippen molar-refractivity contribution in [1.29, 1.82) is 0 Å². The van der Waals surface area contributed by atoms with E-state index < -0.39 is 0 Å². The summed E-state index contributed by atoms with van der Waals surface area (Å²) < 4.78 is 0.